The lowest BCUT2D eigenvalue weighted by Crippen LogP contribution is -2.50. The number of anilines is 1. The van der Waals surface area contributed by atoms with Crippen LogP contribution in [0.5, 0.6) is 0 Å². The van der Waals surface area contributed by atoms with Gasteiger partial charge in [0.1, 0.15) is 0 Å². The highest BCUT2D eigenvalue weighted by molar-refractivity contribution is 5.97. The van der Waals surface area contributed by atoms with Crippen LogP contribution >= 0.6 is 0 Å². The minimum absolute atomic E-state index is 0.0207. The Morgan fingerprint density at radius 3 is 2.79 bits per heavy atom. The van der Waals surface area contributed by atoms with Crippen molar-refractivity contribution in [1.82, 2.24) is 10.2 Å². The summed E-state index contributed by atoms with van der Waals surface area (Å²) in [5.74, 6) is 0.0559. The van der Waals surface area contributed by atoms with Crippen LogP contribution < -0.4 is 16.0 Å². The topological polar surface area (TPSA) is 95.7 Å². The average Bonchev–Trinajstić information content (AvgIpc) is 2.72. The first kappa shape index (κ1) is 20.3. The van der Waals surface area contributed by atoms with Crippen LogP contribution in [0.3, 0.4) is 0 Å². The van der Waals surface area contributed by atoms with Gasteiger partial charge in [-0.05, 0) is 37.3 Å². The number of benzene rings is 1. The minimum atomic E-state index is -0.0732. The zero-order valence-electron chi connectivity index (χ0n) is 16.4. The number of hydrogen-bond acceptors (Lipinski definition) is 4. The molecule has 0 saturated carbocycles. The molecule has 3 rings (SSSR count). The first-order chi connectivity index (χ1) is 13.6. The molecule has 2 aliphatic heterocycles. The number of para-hydroxylation sites is 1. The van der Waals surface area contributed by atoms with Gasteiger partial charge >= 0.3 is 0 Å². The minimum Gasteiger partial charge on any atom is -0.354 e. The van der Waals surface area contributed by atoms with E-state index in [-0.39, 0.29) is 23.8 Å². The van der Waals surface area contributed by atoms with Gasteiger partial charge in [0.15, 0.2) is 0 Å². The molecular formula is C21H30N4O3. The first-order valence-electron chi connectivity index (χ1n) is 10.2. The summed E-state index contributed by atoms with van der Waals surface area (Å²) >= 11 is 0. The SMILES string of the molecule is NCCC(=O)NCC1CCCCN1C(=O)CCN1C(=O)CCc2ccccc21. The van der Waals surface area contributed by atoms with E-state index in [0.29, 0.717) is 45.4 Å². The molecule has 0 radical (unpaired) electrons. The Hall–Kier alpha value is -2.41. The van der Waals surface area contributed by atoms with Crippen molar-refractivity contribution in [1.29, 1.82) is 0 Å². The number of amides is 3. The zero-order valence-corrected chi connectivity index (χ0v) is 16.4. The smallest absolute Gasteiger partial charge is 0.227 e. The number of fused-ring (bicyclic) bond motifs is 1. The van der Waals surface area contributed by atoms with Gasteiger partial charge < -0.3 is 20.9 Å². The average molecular weight is 386 g/mol. The Kier molecular flexibility index (Phi) is 7.03. The Balaban J connectivity index is 1.58. The second kappa shape index (κ2) is 9.68. The van der Waals surface area contributed by atoms with E-state index in [4.69, 9.17) is 5.73 Å². The van der Waals surface area contributed by atoms with E-state index >= 15 is 0 Å². The summed E-state index contributed by atoms with van der Waals surface area (Å²) in [5, 5.41) is 2.89. The predicted molar refractivity (Wildman–Crippen MR) is 108 cm³/mol. The number of aryl methyl sites for hydroxylation is 1. The highest BCUT2D eigenvalue weighted by Gasteiger charge is 2.29. The van der Waals surface area contributed by atoms with Crippen molar-refractivity contribution >= 4 is 23.4 Å². The molecule has 0 bridgehead atoms. The van der Waals surface area contributed by atoms with E-state index in [9.17, 15) is 14.4 Å². The van der Waals surface area contributed by atoms with Crippen molar-refractivity contribution in [2.24, 2.45) is 5.73 Å². The van der Waals surface area contributed by atoms with Gasteiger partial charge in [-0.1, -0.05) is 18.2 Å². The number of hydrogen-bond donors (Lipinski definition) is 2. The van der Waals surface area contributed by atoms with E-state index in [1.54, 1.807) is 4.90 Å². The third-order valence-corrected chi connectivity index (χ3v) is 5.59. The van der Waals surface area contributed by atoms with Gasteiger partial charge in [-0.25, -0.2) is 0 Å². The van der Waals surface area contributed by atoms with E-state index in [2.05, 4.69) is 5.32 Å². The summed E-state index contributed by atoms with van der Waals surface area (Å²) in [6, 6.07) is 7.92. The van der Waals surface area contributed by atoms with Crippen LogP contribution in [-0.4, -0.2) is 54.8 Å². The van der Waals surface area contributed by atoms with E-state index < -0.39 is 0 Å². The molecular weight excluding hydrogens is 356 g/mol. The lowest BCUT2D eigenvalue weighted by Gasteiger charge is -2.37. The summed E-state index contributed by atoms with van der Waals surface area (Å²) in [4.78, 5) is 40.6. The van der Waals surface area contributed by atoms with Crippen LogP contribution in [-0.2, 0) is 20.8 Å². The van der Waals surface area contributed by atoms with Crippen molar-refractivity contribution in [3.05, 3.63) is 29.8 Å². The Morgan fingerprint density at radius 1 is 1.14 bits per heavy atom. The number of rotatable bonds is 7. The molecule has 7 heteroatoms. The summed E-state index contributed by atoms with van der Waals surface area (Å²) < 4.78 is 0. The third kappa shape index (κ3) is 4.90. The molecule has 2 aliphatic rings. The van der Waals surface area contributed by atoms with Gasteiger partial charge in [-0.3, -0.25) is 14.4 Å². The fourth-order valence-electron chi connectivity index (χ4n) is 4.08. The second-order valence-electron chi connectivity index (χ2n) is 7.50. The molecule has 2 heterocycles. The lowest BCUT2D eigenvalue weighted by atomic mass is 10.00. The zero-order chi connectivity index (χ0) is 19.9. The number of carbonyl (C=O) groups is 3. The van der Waals surface area contributed by atoms with Crippen molar-refractivity contribution in [3.63, 3.8) is 0 Å². The van der Waals surface area contributed by atoms with Crippen LogP contribution in [0.15, 0.2) is 24.3 Å². The van der Waals surface area contributed by atoms with E-state index in [1.165, 1.54) is 0 Å². The molecule has 1 aromatic rings. The summed E-state index contributed by atoms with van der Waals surface area (Å²) in [7, 11) is 0. The Bertz CT molecular complexity index is 721. The van der Waals surface area contributed by atoms with Crippen molar-refractivity contribution in [2.75, 3.05) is 31.1 Å². The van der Waals surface area contributed by atoms with E-state index in [0.717, 1.165) is 36.9 Å². The largest absolute Gasteiger partial charge is 0.354 e. The Labute approximate surface area is 166 Å². The van der Waals surface area contributed by atoms with Crippen molar-refractivity contribution in [2.45, 2.75) is 51.0 Å². The highest BCUT2D eigenvalue weighted by atomic mass is 16.2. The highest BCUT2D eigenvalue weighted by Crippen LogP contribution is 2.28. The fraction of sp³-hybridized carbons (Fsp3) is 0.571. The Morgan fingerprint density at radius 2 is 1.96 bits per heavy atom. The molecule has 1 fully saturated rings. The van der Waals surface area contributed by atoms with Crippen LogP contribution in [0.4, 0.5) is 5.69 Å². The monoisotopic (exact) mass is 386 g/mol. The molecule has 1 unspecified atom stereocenters. The molecule has 3 N–H and O–H groups in total. The molecule has 152 valence electrons. The van der Waals surface area contributed by atoms with Gasteiger partial charge in [-0.2, -0.15) is 0 Å². The molecule has 1 atom stereocenters. The van der Waals surface area contributed by atoms with Crippen LogP contribution in [0.2, 0.25) is 0 Å². The maximum Gasteiger partial charge on any atom is 0.227 e. The molecule has 1 saturated heterocycles. The maximum absolute atomic E-state index is 12.9. The maximum atomic E-state index is 12.9. The van der Waals surface area contributed by atoms with Gasteiger partial charge in [0.25, 0.3) is 0 Å². The molecule has 3 amide bonds. The number of likely N-dealkylation sites (tertiary alicyclic amines) is 1. The summed E-state index contributed by atoms with van der Waals surface area (Å²) in [6.07, 6.45) is 4.77. The number of nitrogens with two attached hydrogens (primary N) is 1. The number of carbonyl (C=O) groups excluding carboxylic acids is 3. The van der Waals surface area contributed by atoms with Crippen LogP contribution in [0.1, 0.15) is 44.1 Å². The second-order valence-corrected chi connectivity index (χ2v) is 7.50. The van der Waals surface area contributed by atoms with Gasteiger partial charge in [-0.15, -0.1) is 0 Å². The number of nitrogens with zero attached hydrogens (tertiary/aromatic N) is 2. The lowest BCUT2D eigenvalue weighted by molar-refractivity contribution is -0.135. The summed E-state index contributed by atoms with van der Waals surface area (Å²) in [5.41, 5.74) is 7.50. The van der Waals surface area contributed by atoms with Crippen molar-refractivity contribution in [3.8, 4) is 0 Å². The third-order valence-electron chi connectivity index (χ3n) is 5.59. The van der Waals surface area contributed by atoms with Gasteiger partial charge in [0.2, 0.25) is 17.7 Å². The first-order valence-corrected chi connectivity index (χ1v) is 10.2. The summed E-state index contributed by atoms with van der Waals surface area (Å²) in [6.45, 7) is 1.90. The molecule has 0 aromatic heterocycles. The van der Waals surface area contributed by atoms with Gasteiger partial charge in [0.05, 0.1) is 0 Å². The molecule has 28 heavy (non-hydrogen) atoms. The van der Waals surface area contributed by atoms with Gasteiger partial charge in [0, 0.05) is 57.2 Å². The molecule has 0 spiro atoms. The molecule has 0 aliphatic carbocycles. The predicted octanol–water partition coefficient (Wildman–Crippen LogP) is 1.20. The normalized spacial score (nSPS) is 19.3. The van der Waals surface area contributed by atoms with Crippen molar-refractivity contribution < 1.29 is 14.4 Å². The number of nitrogens with one attached hydrogen (secondary N) is 1. The van der Waals surface area contributed by atoms with Crippen LogP contribution in [0.25, 0.3) is 0 Å². The van der Waals surface area contributed by atoms with Crippen LogP contribution in [0, 0.1) is 0 Å². The fourth-order valence-corrected chi connectivity index (χ4v) is 4.08. The molecule has 1 aromatic carbocycles. The van der Waals surface area contributed by atoms with E-state index in [1.807, 2.05) is 29.2 Å². The standard InChI is InChI=1S/C21H30N4O3/c22-12-10-19(26)23-15-17-6-3-4-13-24(17)21(28)11-14-25-18-7-2-1-5-16(18)8-9-20(25)27/h1-2,5,7,17H,3-4,6,8-15,22H2,(H,23,26). The number of piperidine rings is 1. The quantitative estimate of drug-likeness (QED) is 0.736. The molecule has 7 nitrogen and oxygen atoms in total.